The van der Waals surface area contributed by atoms with Gasteiger partial charge in [-0.3, -0.25) is 0 Å². The summed E-state index contributed by atoms with van der Waals surface area (Å²) < 4.78 is 31.2. The Morgan fingerprint density at radius 3 is 2.71 bits per heavy atom. The maximum Gasteiger partial charge on any atom is 0.407 e. The zero-order chi connectivity index (χ0) is 24.1. The molecule has 2 aromatic carbocycles. The molecule has 0 unspecified atom stereocenters. The molecule has 0 atom stereocenters. The van der Waals surface area contributed by atoms with Gasteiger partial charge in [0, 0.05) is 17.5 Å². The number of nitrogens with one attached hydrogen (secondary N) is 2. The molecule has 4 rings (SSSR count). The summed E-state index contributed by atoms with van der Waals surface area (Å²) in [6, 6.07) is 8.34. The summed E-state index contributed by atoms with van der Waals surface area (Å²) in [5, 5.41) is 6.55. The Labute approximate surface area is 201 Å². The van der Waals surface area contributed by atoms with Gasteiger partial charge in [-0.25, -0.2) is 19.2 Å². The van der Waals surface area contributed by atoms with E-state index in [1.807, 2.05) is 0 Å². The molecule has 0 saturated heterocycles. The molecule has 180 valence electrons. The first-order chi connectivity index (χ1) is 16.5. The Kier molecular flexibility index (Phi) is 7.52. The minimum absolute atomic E-state index is 0.0158. The lowest BCUT2D eigenvalue weighted by molar-refractivity contribution is 0.120. The minimum atomic E-state index is -0.561. The highest BCUT2D eigenvalue weighted by Crippen LogP contribution is 2.37. The highest BCUT2D eigenvalue weighted by Gasteiger charge is 2.25. The lowest BCUT2D eigenvalue weighted by Gasteiger charge is -2.29. The van der Waals surface area contributed by atoms with Gasteiger partial charge in [-0.05, 0) is 50.8 Å². The molecule has 0 aliphatic heterocycles. The van der Waals surface area contributed by atoms with Gasteiger partial charge in [0.1, 0.15) is 12.1 Å². The van der Waals surface area contributed by atoms with Crippen molar-refractivity contribution in [3.8, 4) is 11.5 Å². The smallest absolute Gasteiger partial charge is 0.407 e. The molecule has 10 heteroatoms. The van der Waals surface area contributed by atoms with Crippen LogP contribution in [0, 0.1) is 5.82 Å². The quantitative estimate of drug-likeness (QED) is 0.446. The molecule has 0 spiro atoms. The van der Waals surface area contributed by atoms with Crippen LogP contribution < -0.4 is 20.1 Å². The molecule has 1 aromatic heterocycles. The fourth-order valence-corrected chi connectivity index (χ4v) is 4.16. The van der Waals surface area contributed by atoms with Gasteiger partial charge in [-0.15, -0.1) is 0 Å². The van der Waals surface area contributed by atoms with Gasteiger partial charge < -0.3 is 24.8 Å². The number of hydrogen-bond donors (Lipinski definition) is 2. The van der Waals surface area contributed by atoms with Crippen molar-refractivity contribution in [1.82, 2.24) is 15.3 Å². The second-order valence-corrected chi connectivity index (χ2v) is 8.33. The Balaban J connectivity index is 1.53. The highest BCUT2D eigenvalue weighted by molar-refractivity contribution is 6.31. The third-order valence-electron chi connectivity index (χ3n) is 5.69. The summed E-state index contributed by atoms with van der Waals surface area (Å²) in [7, 11) is 1.57. The number of ether oxygens (including phenoxy) is 3. The molecule has 1 aliphatic rings. The van der Waals surface area contributed by atoms with Crippen molar-refractivity contribution in [1.29, 1.82) is 0 Å². The first-order valence-electron chi connectivity index (χ1n) is 11.1. The van der Waals surface area contributed by atoms with Crippen molar-refractivity contribution in [2.75, 3.05) is 19.0 Å². The lowest BCUT2D eigenvalue weighted by Crippen LogP contribution is -2.40. The third-order valence-corrected chi connectivity index (χ3v) is 5.98. The van der Waals surface area contributed by atoms with Crippen LogP contribution in [0.5, 0.6) is 11.5 Å². The van der Waals surface area contributed by atoms with Gasteiger partial charge in [0.25, 0.3) is 0 Å². The zero-order valence-corrected chi connectivity index (χ0v) is 19.7. The molecule has 1 fully saturated rings. The summed E-state index contributed by atoms with van der Waals surface area (Å²) in [4.78, 5) is 20.3. The number of nitrogens with zero attached hydrogens (tertiary/aromatic N) is 2. The molecule has 1 amide bonds. The second-order valence-electron chi connectivity index (χ2n) is 7.93. The van der Waals surface area contributed by atoms with Crippen LogP contribution in [0.3, 0.4) is 0 Å². The van der Waals surface area contributed by atoms with Crippen LogP contribution in [0.2, 0.25) is 5.02 Å². The molecule has 1 aliphatic carbocycles. The molecular formula is C24H26ClFN4O4. The number of amides is 1. The van der Waals surface area contributed by atoms with Crippen molar-refractivity contribution in [3.63, 3.8) is 0 Å². The van der Waals surface area contributed by atoms with E-state index in [0.717, 1.165) is 25.7 Å². The number of methoxy groups -OCH3 is 1. The van der Waals surface area contributed by atoms with E-state index >= 15 is 0 Å². The second kappa shape index (κ2) is 10.7. The number of hydrogen-bond acceptors (Lipinski definition) is 7. The molecule has 2 N–H and O–H groups in total. The molecule has 34 heavy (non-hydrogen) atoms. The number of rotatable bonds is 7. The maximum atomic E-state index is 14.4. The van der Waals surface area contributed by atoms with Crippen molar-refractivity contribution >= 4 is 40.1 Å². The zero-order valence-electron chi connectivity index (χ0n) is 18.9. The number of fused-ring (bicyclic) bond motifs is 1. The summed E-state index contributed by atoms with van der Waals surface area (Å²) in [5.41, 5.74) is 0.824. The predicted octanol–water partition coefficient (Wildman–Crippen LogP) is 5.61. The number of halogens is 2. The molecule has 1 saturated carbocycles. The van der Waals surface area contributed by atoms with E-state index < -0.39 is 5.82 Å². The first-order valence-corrected chi connectivity index (χ1v) is 11.5. The summed E-state index contributed by atoms with van der Waals surface area (Å²) in [5.74, 6) is 0.939. The molecule has 3 aromatic rings. The molecule has 8 nitrogen and oxygen atoms in total. The lowest BCUT2D eigenvalue weighted by atomic mass is 9.93. The van der Waals surface area contributed by atoms with Crippen molar-refractivity contribution in [2.24, 2.45) is 0 Å². The van der Waals surface area contributed by atoms with E-state index in [1.54, 1.807) is 38.3 Å². The van der Waals surface area contributed by atoms with Crippen molar-refractivity contribution < 1.29 is 23.4 Å². The maximum absolute atomic E-state index is 14.4. The van der Waals surface area contributed by atoms with Crippen LogP contribution >= 0.6 is 11.6 Å². The Morgan fingerprint density at radius 2 is 1.97 bits per heavy atom. The number of benzene rings is 2. The summed E-state index contributed by atoms with van der Waals surface area (Å²) >= 11 is 5.91. The van der Waals surface area contributed by atoms with Gasteiger partial charge in [0.15, 0.2) is 17.3 Å². The topological polar surface area (TPSA) is 94.6 Å². The number of anilines is 2. The van der Waals surface area contributed by atoms with E-state index in [4.69, 9.17) is 25.8 Å². The van der Waals surface area contributed by atoms with Crippen LogP contribution in [0.15, 0.2) is 36.7 Å². The summed E-state index contributed by atoms with van der Waals surface area (Å²) in [6.07, 6.45) is 4.06. The van der Waals surface area contributed by atoms with Crippen LogP contribution in [-0.2, 0) is 4.74 Å². The molecule has 1 heterocycles. The molecule has 0 bridgehead atoms. The fraction of sp³-hybridized carbons (Fsp3) is 0.375. The fourth-order valence-electron chi connectivity index (χ4n) is 3.99. The summed E-state index contributed by atoms with van der Waals surface area (Å²) in [6.45, 7) is 2.12. The minimum Gasteiger partial charge on any atom is -0.493 e. The van der Waals surface area contributed by atoms with E-state index in [0.29, 0.717) is 34.8 Å². The van der Waals surface area contributed by atoms with Crippen LogP contribution in [0.1, 0.15) is 32.6 Å². The number of carbonyl (C=O) groups is 1. The van der Waals surface area contributed by atoms with Crippen LogP contribution in [0.25, 0.3) is 10.9 Å². The van der Waals surface area contributed by atoms with Gasteiger partial charge >= 0.3 is 6.09 Å². The SMILES string of the molecule is CCOC(=O)N[C@H]1CC[C@H](Oc2cc3c(Nc4cccc(Cl)c4F)ncnc3cc2OC)CC1. The van der Waals surface area contributed by atoms with Gasteiger partial charge in [-0.1, -0.05) is 17.7 Å². The largest absolute Gasteiger partial charge is 0.493 e. The van der Waals surface area contributed by atoms with Gasteiger partial charge in [-0.2, -0.15) is 0 Å². The average Bonchev–Trinajstić information content (AvgIpc) is 2.83. The van der Waals surface area contributed by atoms with E-state index in [-0.39, 0.29) is 28.9 Å². The van der Waals surface area contributed by atoms with Crippen LogP contribution in [-0.4, -0.2) is 41.9 Å². The predicted molar refractivity (Wildman–Crippen MR) is 128 cm³/mol. The normalized spacial score (nSPS) is 17.8. The number of aromatic nitrogens is 2. The Hall–Kier alpha value is -3.33. The van der Waals surface area contributed by atoms with E-state index in [9.17, 15) is 9.18 Å². The number of alkyl carbamates (subject to hydrolysis) is 1. The monoisotopic (exact) mass is 488 g/mol. The number of carbonyl (C=O) groups excluding carboxylic acids is 1. The highest BCUT2D eigenvalue weighted by atomic mass is 35.5. The Morgan fingerprint density at radius 1 is 1.18 bits per heavy atom. The van der Waals surface area contributed by atoms with E-state index in [2.05, 4.69) is 20.6 Å². The average molecular weight is 489 g/mol. The van der Waals surface area contributed by atoms with Gasteiger partial charge in [0.2, 0.25) is 0 Å². The van der Waals surface area contributed by atoms with Gasteiger partial charge in [0.05, 0.1) is 36.0 Å². The first kappa shape index (κ1) is 23.8. The van der Waals surface area contributed by atoms with Crippen molar-refractivity contribution in [3.05, 3.63) is 47.5 Å². The molecule has 0 radical (unpaired) electrons. The van der Waals surface area contributed by atoms with Crippen molar-refractivity contribution in [2.45, 2.75) is 44.8 Å². The van der Waals surface area contributed by atoms with E-state index in [1.165, 1.54) is 12.4 Å². The Bertz CT molecular complexity index is 1170. The standard InChI is InChI=1S/C24H26ClFN4O4/c1-3-33-24(31)29-14-7-9-15(10-8-14)34-21-11-16-19(12-20(21)32-2)27-13-28-23(16)30-18-6-4-5-17(25)22(18)26/h4-6,11-15H,3,7-10H2,1-2H3,(H,29,31)(H,27,28,30)/t14-,15-. The molecular weight excluding hydrogens is 463 g/mol. The van der Waals surface area contributed by atoms with Crippen LogP contribution in [0.4, 0.5) is 20.7 Å². The third kappa shape index (κ3) is 5.41.